The van der Waals surface area contributed by atoms with Crippen molar-refractivity contribution < 1.29 is 13.4 Å². The molecule has 0 amide bonds. The molecule has 0 spiro atoms. The van der Waals surface area contributed by atoms with Gasteiger partial charge in [0.2, 0.25) is 11.2 Å². The number of furan rings is 1. The average Bonchev–Trinajstić information content (AvgIpc) is 3.12. The first-order valence-corrected chi connectivity index (χ1v) is 16.5. The quantitative estimate of drug-likeness (QED) is 0.181. The van der Waals surface area contributed by atoms with Gasteiger partial charge in [-0.05, 0) is 84.8 Å². The second-order valence-corrected chi connectivity index (χ2v) is 17.0. The fourth-order valence-corrected chi connectivity index (χ4v) is 7.19. The van der Waals surface area contributed by atoms with Crippen molar-refractivity contribution in [2.45, 2.75) is 60.7 Å². The van der Waals surface area contributed by atoms with Gasteiger partial charge < -0.3 is 4.42 Å². The predicted octanol–water partition coefficient (Wildman–Crippen LogP) is 8.04. The molecule has 0 radical (unpaired) electrons. The van der Waals surface area contributed by atoms with Crippen LogP contribution in [0.4, 0.5) is 4.39 Å². The summed E-state index contributed by atoms with van der Waals surface area (Å²) in [5, 5.41) is 4.83. The zero-order valence-corrected chi connectivity index (χ0v) is 24.1. The van der Waals surface area contributed by atoms with Gasteiger partial charge in [-0.3, -0.25) is 0 Å². The van der Waals surface area contributed by atoms with Crippen molar-refractivity contribution in [1.82, 2.24) is 0 Å². The Kier molecular flexibility index (Phi) is 5.87. The van der Waals surface area contributed by atoms with Crippen LogP contribution < -0.4 is 9.75 Å². The summed E-state index contributed by atoms with van der Waals surface area (Å²) in [6.45, 7) is 18.4. The molecule has 186 valence electrons. The maximum atomic E-state index is 14.1. The standard InChI is InChI=1S/C32H37FNOSi/c1-18(2)12-22-15-26-27(14-20(22)4)34(6)28(17-30(26)36(7,8)9)31-21(5)19(3)13-25-24-11-10-23(33)16-29(24)35-32(25)31/h10-11,13-18H,12H2,1-9H3/q+1. The van der Waals surface area contributed by atoms with E-state index in [0.717, 1.165) is 34.0 Å². The van der Waals surface area contributed by atoms with Crippen LogP contribution in [0.1, 0.15) is 36.1 Å². The highest BCUT2D eigenvalue weighted by molar-refractivity contribution is 6.90. The summed E-state index contributed by atoms with van der Waals surface area (Å²) in [6.07, 6.45) is 1.09. The summed E-state index contributed by atoms with van der Waals surface area (Å²) in [7, 11) is 0.473. The molecular formula is C32H37FNOSi+. The van der Waals surface area contributed by atoms with Gasteiger partial charge in [-0.2, -0.15) is 4.57 Å². The lowest BCUT2D eigenvalue weighted by Crippen LogP contribution is -2.43. The molecule has 2 aromatic heterocycles. The number of hydrogen-bond donors (Lipinski definition) is 0. The van der Waals surface area contributed by atoms with E-state index in [4.69, 9.17) is 4.42 Å². The van der Waals surface area contributed by atoms with Gasteiger partial charge in [0.1, 0.15) is 24.0 Å². The Balaban J connectivity index is 1.92. The number of halogens is 1. The fourth-order valence-electron chi connectivity index (χ4n) is 5.61. The monoisotopic (exact) mass is 498 g/mol. The molecule has 2 heterocycles. The Morgan fingerprint density at radius 1 is 0.889 bits per heavy atom. The smallest absolute Gasteiger partial charge is 0.216 e. The number of pyridine rings is 1. The van der Waals surface area contributed by atoms with E-state index in [1.807, 2.05) is 6.07 Å². The molecule has 0 saturated heterocycles. The summed E-state index contributed by atoms with van der Waals surface area (Å²) in [5.41, 5.74) is 10.1. The Morgan fingerprint density at radius 2 is 1.61 bits per heavy atom. The minimum atomic E-state index is -1.70. The number of nitrogens with zero attached hydrogens (tertiary/aromatic N) is 1. The highest BCUT2D eigenvalue weighted by Crippen LogP contribution is 2.39. The molecule has 0 N–H and O–H groups in total. The summed E-state index contributed by atoms with van der Waals surface area (Å²) in [5.74, 6) is 0.340. The minimum Gasteiger partial charge on any atom is -0.455 e. The van der Waals surface area contributed by atoms with Gasteiger partial charge in [0, 0.05) is 34.4 Å². The molecule has 0 aliphatic carbocycles. The van der Waals surface area contributed by atoms with E-state index in [0.29, 0.717) is 11.5 Å². The van der Waals surface area contributed by atoms with E-state index in [-0.39, 0.29) is 5.82 Å². The number of benzene rings is 3. The van der Waals surface area contributed by atoms with E-state index in [9.17, 15) is 4.39 Å². The van der Waals surface area contributed by atoms with Crippen molar-refractivity contribution >= 4 is 46.1 Å². The van der Waals surface area contributed by atoms with Gasteiger partial charge in [-0.25, -0.2) is 4.39 Å². The average molecular weight is 499 g/mol. The van der Waals surface area contributed by atoms with Gasteiger partial charge in [-0.1, -0.05) is 33.5 Å². The van der Waals surface area contributed by atoms with Crippen LogP contribution in [-0.4, -0.2) is 8.07 Å². The molecule has 36 heavy (non-hydrogen) atoms. The number of aromatic nitrogens is 1. The Labute approximate surface area is 214 Å². The molecule has 3 aromatic carbocycles. The van der Waals surface area contributed by atoms with E-state index < -0.39 is 8.07 Å². The van der Waals surface area contributed by atoms with Crippen LogP contribution in [0.15, 0.2) is 46.9 Å². The molecule has 0 unspecified atom stereocenters. The van der Waals surface area contributed by atoms with Gasteiger partial charge >= 0.3 is 0 Å². The van der Waals surface area contributed by atoms with E-state index in [2.05, 4.69) is 90.1 Å². The molecule has 0 aliphatic rings. The van der Waals surface area contributed by atoms with Gasteiger partial charge in [-0.15, -0.1) is 0 Å². The number of fused-ring (bicyclic) bond motifs is 4. The molecule has 5 rings (SSSR count). The Hall–Kier alpha value is -2.98. The summed E-state index contributed by atoms with van der Waals surface area (Å²) in [6, 6.07) is 14.3. The summed E-state index contributed by atoms with van der Waals surface area (Å²) in [4.78, 5) is 0. The van der Waals surface area contributed by atoms with Crippen LogP contribution in [0.2, 0.25) is 19.6 Å². The lowest BCUT2D eigenvalue weighted by molar-refractivity contribution is -0.633. The second kappa shape index (κ2) is 8.55. The normalized spacial score (nSPS) is 12.5. The summed E-state index contributed by atoms with van der Waals surface area (Å²) < 4.78 is 22.8. The van der Waals surface area contributed by atoms with Crippen molar-refractivity contribution in [3.63, 3.8) is 0 Å². The number of hydrogen-bond acceptors (Lipinski definition) is 1. The molecule has 0 aliphatic heterocycles. The first-order chi connectivity index (χ1) is 16.9. The van der Waals surface area contributed by atoms with Gasteiger partial charge in [0.25, 0.3) is 0 Å². The third-order valence-electron chi connectivity index (χ3n) is 7.69. The zero-order valence-electron chi connectivity index (χ0n) is 23.1. The summed E-state index contributed by atoms with van der Waals surface area (Å²) >= 11 is 0. The van der Waals surface area contributed by atoms with Crippen molar-refractivity contribution in [2.24, 2.45) is 13.0 Å². The van der Waals surface area contributed by atoms with Crippen LogP contribution >= 0.6 is 0 Å². The van der Waals surface area contributed by atoms with Crippen molar-refractivity contribution in [2.75, 3.05) is 0 Å². The van der Waals surface area contributed by atoms with Crippen LogP contribution in [0.25, 0.3) is 44.1 Å². The van der Waals surface area contributed by atoms with Crippen molar-refractivity contribution in [1.29, 1.82) is 0 Å². The van der Waals surface area contributed by atoms with Crippen molar-refractivity contribution in [3.8, 4) is 11.3 Å². The predicted molar refractivity (Wildman–Crippen MR) is 154 cm³/mol. The van der Waals surface area contributed by atoms with Crippen LogP contribution in [0.3, 0.4) is 0 Å². The topological polar surface area (TPSA) is 17.0 Å². The third kappa shape index (κ3) is 3.96. The van der Waals surface area contributed by atoms with Crippen LogP contribution in [0, 0.1) is 32.5 Å². The highest BCUT2D eigenvalue weighted by atomic mass is 28.3. The minimum absolute atomic E-state index is 0.276. The lowest BCUT2D eigenvalue weighted by atomic mass is 9.94. The maximum Gasteiger partial charge on any atom is 0.216 e. The number of aryl methyl sites for hydroxylation is 3. The molecule has 4 heteroatoms. The van der Waals surface area contributed by atoms with Gasteiger partial charge in [0.05, 0.1) is 13.6 Å². The van der Waals surface area contributed by atoms with Crippen molar-refractivity contribution in [3.05, 3.63) is 70.5 Å². The number of rotatable bonds is 4. The molecule has 2 nitrogen and oxygen atoms in total. The molecule has 0 fully saturated rings. The molecule has 5 aromatic rings. The van der Waals surface area contributed by atoms with Crippen LogP contribution in [-0.2, 0) is 13.5 Å². The highest BCUT2D eigenvalue weighted by Gasteiger charge is 2.30. The van der Waals surface area contributed by atoms with E-state index in [1.54, 1.807) is 0 Å². The lowest BCUT2D eigenvalue weighted by Gasteiger charge is -2.21. The Morgan fingerprint density at radius 3 is 2.28 bits per heavy atom. The molecule has 0 bridgehead atoms. The van der Waals surface area contributed by atoms with E-state index in [1.165, 1.54) is 50.5 Å². The largest absolute Gasteiger partial charge is 0.455 e. The maximum absolute atomic E-state index is 14.1. The zero-order chi connectivity index (χ0) is 26.1. The Bertz CT molecular complexity index is 1670. The molecule has 0 saturated carbocycles. The molecule has 0 atom stereocenters. The second-order valence-electron chi connectivity index (χ2n) is 12.0. The third-order valence-corrected chi connectivity index (χ3v) is 9.72. The van der Waals surface area contributed by atoms with Gasteiger partial charge in [0.15, 0.2) is 0 Å². The van der Waals surface area contributed by atoms with E-state index >= 15 is 0 Å². The molecular weight excluding hydrogens is 461 g/mol. The fraction of sp³-hybridized carbons (Fsp3) is 0.344. The SMILES string of the molecule is Cc1cc2c(cc1CC(C)C)c([Si](C)(C)C)cc(-c1c(C)c(C)cc3c1oc1cc(F)ccc13)[n+]2C. The van der Waals surface area contributed by atoms with Crippen LogP contribution in [0.5, 0.6) is 0 Å². The first kappa shape index (κ1) is 24.7. The first-order valence-electron chi connectivity index (χ1n) is 13.0.